The van der Waals surface area contributed by atoms with Crippen molar-refractivity contribution < 1.29 is 0 Å². The van der Waals surface area contributed by atoms with Gasteiger partial charge in [0.05, 0.1) is 6.04 Å². The molecule has 3 heteroatoms. The van der Waals surface area contributed by atoms with E-state index in [1.54, 1.807) is 28.0 Å². The molecule has 11 aliphatic rings. The number of rotatable bonds is 5. The molecule has 10 atom stereocenters. The highest BCUT2D eigenvalue weighted by atomic mass is 15.2. The molecular formula is C56H63N3. The molecule has 3 heterocycles. The highest BCUT2D eigenvalue weighted by molar-refractivity contribution is 5.68. The molecule has 0 radical (unpaired) electrons. The Labute approximate surface area is 353 Å². The summed E-state index contributed by atoms with van der Waals surface area (Å²) in [5, 5.41) is 3.41. The first-order chi connectivity index (χ1) is 29.0. The summed E-state index contributed by atoms with van der Waals surface area (Å²) >= 11 is 0. The highest BCUT2D eigenvalue weighted by Crippen LogP contribution is 2.59. The lowest BCUT2D eigenvalue weighted by Crippen LogP contribution is -2.44. The number of hydrogen-bond donors (Lipinski definition) is 1. The Bertz CT molecular complexity index is 2310. The fourth-order valence-electron chi connectivity index (χ4n) is 14.6. The van der Waals surface area contributed by atoms with Gasteiger partial charge in [-0.15, -0.1) is 0 Å². The van der Waals surface area contributed by atoms with Crippen LogP contribution in [-0.4, -0.2) is 35.6 Å². The molecule has 12 rings (SSSR count). The Balaban J connectivity index is 0.832. The SMILES string of the molecule is CC1(C)C2=CCC(N3c4ccccc4C4C=C(C5=CCC6C(C5)C5CCCCC5N6C5=CC(C6C=CC=CC6)=CC(C6=CCNC=C6)C5)C=CC43)CC2C2=C1CCC=C2. The van der Waals surface area contributed by atoms with Gasteiger partial charge in [-0.2, -0.15) is 0 Å². The first-order valence-electron chi connectivity index (χ1n) is 23.7. The largest absolute Gasteiger partial charge is 0.387 e. The number of nitrogens with zero attached hydrogens (tertiary/aromatic N) is 2. The van der Waals surface area contributed by atoms with E-state index in [1.807, 2.05) is 0 Å². The van der Waals surface area contributed by atoms with Gasteiger partial charge in [-0.05, 0) is 134 Å². The molecule has 0 spiro atoms. The smallest absolute Gasteiger partial charge is 0.0584 e. The van der Waals surface area contributed by atoms with E-state index in [0.29, 0.717) is 47.8 Å². The zero-order valence-electron chi connectivity index (χ0n) is 35.4. The second-order valence-corrected chi connectivity index (χ2v) is 20.3. The molecule has 2 fully saturated rings. The summed E-state index contributed by atoms with van der Waals surface area (Å²) < 4.78 is 0. The average molecular weight is 778 g/mol. The predicted octanol–water partition coefficient (Wildman–Crippen LogP) is 12.4. The van der Waals surface area contributed by atoms with E-state index in [4.69, 9.17) is 0 Å². The third-order valence-corrected chi connectivity index (χ3v) is 17.2. The van der Waals surface area contributed by atoms with Gasteiger partial charge >= 0.3 is 0 Å². The minimum absolute atomic E-state index is 0.215. The van der Waals surface area contributed by atoms with Gasteiger partial charge in [-0.3, -0.25) is 0 Å². The van der Waals surface area contributed by atoms with Crippen molar-refractivity contribution in [2.24, 2.45) is 35.0 Å². The topological polar surface area (TPSA) is 18.5 Å². The van der Waals surface area contributed by atoms with Gasteiger partial charge in [0.2, 0.25) is 0 Å². The molecule has 3 aliphatic heterocycles. The van der Waals surface area contributed by atoms with Crippen molar-refractivity contribution in [3.05, 3.63) is 172 Å². The van der Waals surface area contributed by atoms with Crippen LogP contribution >= 0.6 is 0 Å². The van der Waals surface area contributed by atoms with Gasteiger partial charge in [0.1, 0.15) is 0 Å². The maximum absolute atomic E-state index is 3.41. The van der Waals surface area contributed by atoms with E-state index in [0.717, 1.165) is 37.6 Å². The zero-order chi connectivity index (χ0) is 39.2. The molecule has 302 valence electrons. The molecule has 10 unspecified atom stereocenters. The third-order valence-electron chi connectivity index (χ3n) is 17.2. The van der Waals surface area contributed by atoms with Gasteiger partial charge in [-0.25, -0.2) is 0 Å². The summed E-state index contributed by atoms with van der Waals surface area (Å²) in [5.74, 6) is 3.45. The van der Waals surface area contributed by atoms with E-state index in [9.17, 15) is 0 Å². The summed E-state index contributed by atoms with van der Waals surface area (Å²) in [4.78, 5) is 5.91. The summed E-state index contributed by atoms with van der Waals surface area (Å²) in [6.45, 7) is 5.94. The molecule has 1 saturated heterocycles. The molecule has 1 saturated carbocycles. The van der Waals surface area contributed by atoms with Crippen LogP contribution in [0.3, 0.4) is 0 Å². The number of hydrogen-bond acceptors (Lipinski definition) is 3. The Hall–Kier alpha value is -4.50. The second kappa shape index (κ2) is 14.3. The lowest BCUT2D eigenvalue weighted by molar-refractivity contribution is 0.186. The quantitative estimate of drug-likeness (QED) is 0.300. The molecule has 0 bridgehead atoms. The molecule has 8 aliphatic carbocycles. The Morgan fingerprint density at radius 2 is 1.71 bits per heavy atom. The van der Waals surface area contributed by atoms with Crippen molar-refractivity contribution in [1.82, 2.24) is 10.2 Å². The Morgan fingerprint density at radius 1 is 0.780 bits per heavy atom. The number of anilines is 1. The van der Waals surface area contributed by atoms with Gasteiger partial charge in [-0.1, -0.05) is 135 Å². The van der Waals surface area contributed by atoms with Crippen LogP contribution in [0.5, 0.6) is 0 Å². The summed E-state index contributed by atoms with van der Waals surface area (Å²) in [7, 11) is 0. The second-order valence-electron chi connectivity index (χ2n) is 20.3. The van der Waals surface area contributed by atoms with Crippen LogP contribution in [0.4, 0.5) is 5.69 Å². The van der Waals surface area contributed by atoms with Crippen molar-refractivity contribution in [1.29, 1.82) is 0 Å². The van der Waals surface area contributed by atoms with Crippen LogP contribution in [0.2, 0.25) is 0 Å². The van der Waals surface area contributed by atoms with Crippen molar-refractivity contribution in [3.8, 4) is 0 Å². The Morgan fingerprint density at radius 3 is 2.61 bits per heavy atom. The lowest BCUT2D eigenvalue weighted by Gasteiger charge is -2.41. The van der Waals surface area contributed by atoms with Crippen molar-refractivity contribution in [3.63, 3.8) is 0 Å². The summed E-state index contributed by atoms with van der Waals surface area (Å²) in [5.41, 5.74) is 16.1. The van der Waals surface area contributed by atoms with Crippen LogP contribution in [0.15, 0.2) is 166 Å². The average Bonchev–Trinajstić information content (AvgIpc) is 3.89. The fourth-order valence-corrected chi connectivity index (χ4v) is 14.6. The molecule has 3 nitrogen and oxygen atoms in total. The van der Waals surface area contributed by atoms with Crippen LogP contribution in [0.25, 0.3) is 0 Å². The lowest BCUT2D eigenvalue weighted by atomic mass is 9.71. The maximum Gasteiger partial charge on any atom is 0.0584 e. The molecule has 0 amide bonds. The van der Waals surface area contributed by atoms with E-state index in [2.05, 4.69) is 151 Å². The van der Waals surface area contributed by atoms with E-state index in [1.165, 1.54) is 85.8 Å². The van der Waals surface area contributed by atoms with E-state index < -0.39 is 0 Å². The normalized spacial score (nSPS) is 37.2. The molecule has 1 N–H and O–H groups in total. The highest BCUT2D eigenvalue weighted by Gasteiger charge is 2.52. The minimum atomic E-state index is 0.215. The minimum Gasteiger partial charge on any atom is -0.387 e. The molecule has 1 aromatic carbocycles. The Kier molecular flexibility index (Phi) is 8.82. The zero-order valence-corrected chi connectivity index (χ0v) is 35.4. The van der Waals surface area contributed by atoms with Crippen LogP contribution < -0.4 is 10.2 Å². The number of nitrogens with one attached hydrogen (secondary N) is 1. The van der Waals surface area contributed by atoms with Crippen molar-refractivity contribution >= 4 is 5.69 Å². The van der Waals surface area contributed by atoms with Crippen molar-refractivity contribution in [2.45, 2.75) is 121 Å². The first-order valence-corrected chi connectivity index (χ1v) is 23.7. The first kappa shape index (κ1) is 36.4. The monoisotopic (exact) mass is 778 g/mol. The number of benzene rings is 1. The number of dihydropyridines is 1. The predicted molar refractivity (Wildman–Crippen MR) is 245 cm³/mol. The van der Waals surface area contributed by atoms with Crippen LogP contribution in [0.1, 0.15) is 102 Å². The molecule has 59 heavy (non-hydrogen) atoms. The number of allylic oxidation sites excluding steroid dienone is 18. The van der Waals surface area contributed by atoms with Gasteiger partial charge < -0.3 is 15.1 Å². The summed E-state index contributed by atoms with van der Waals surface area (Å²) in [6, 6.07) is 11.7. The third kappa shape index (κ3) is 5.87. The van der Waals surface area contributed by atoms with E-state index in [-0.39, 0.29) is 5.41 Å². The maximum atomic E-state index is 3.41. The van der Waals surface area contributed by atoms with E-state index >= 15 is 0 Å². The van der Waals surface area contributed by atoms with Gasteiger partial charge in [0.25, 0.3) is 0 Å². The van der Waals surface area contributed by atoms with Gasteiger partial charge in [0.15, 0.2) is 0 Å². The number of likely N-dealkylation sites (tertiary alicyclic amines) is 1. The fraction of sp³-hybridized carbons (Fsp3) is 0.464. The molecular weight excluding hydrogens is 715 g/mol. The molecule has 1 aromatic rings. The summed E-state index contributed by atoms with van der Waals surface area (Å²) in [6.07, 6.45) is 54.8. The standard InChI is InChI=1S/C56H63N3/c1-56(2)50-17-9-6-14-44(50)47-35-42(22-23-51(47)56)58-52-18-10-7-15-45(52)48-33-38(20-24-54(48)58)39-21-25-55-49(34-39)46-16-8-11-19-53(46)59(55)43-31-40(36-12-4-3-5-13-36)30-41(32-43)37-26-28-57-29-27-37/h3-7,10,12,14-15,18,20-21,23-24,26-28,30-31,33,36,41-42,46-49,53-55,57H,8-9,11,13,16-17,19,22,25,29,32,34-35H2,1-2H3. The number of fused-ring (bicyclic) bond motifs is 8. The van der Waals surface area contributed by atoms with Gasteiger partial charge in [0, 0.05) is 65.1 Å². The molecule has 0 aromatic heterocycles. The van der Waals surface area contributed by atoms with Crippen molar-refractivity contribution in [2.75, 3.05) is 11.4 Å². The number of para-hydroxylation sites is 1. The van der Waals surface area contributed by atoms with Crippen LogP contribution in [-0.2, 0) is 0 Å². The van der Waals surface area contributed by atoms with Crippen LogP contribution in [0, 0.1) is 35.0 Å².